The lowest BCUT2D eigenvalue weighted by molar-refractivity contribution is 0.0872. The number of piperidine rings is 1. The van der Waals surface area contributed by atoms with E-state index in [1.807, 2.05) is 6.92 Å². The maximum Gasteiger partial charge on any atom is 0.235 e. The molecule has 2 N–H and O–H groups in total. The Labute approximate surface area is 130 Å². The van der Waals surface area contributed by atoms with Crippen molar-refractivity contribution in [2.45, 2.75) is 25.2 Å². The van der Waals surface area contributed by atoms with Crippen LogP contribution in [-0.4, -0.2) is 82.6 Å². The summed E-state index contributed by atoms with van der Waals surface area (Å²) in [5.41, 5.74) is -0.135. The van der Waals surface area contributed by atoms with Crippen LogP contribution in [0.5, 0.6) is 0 Å². The van der Waals surface area contributed by atoms with Crippen LogP contribution in [0.25, 0.3) is 0 Å². The van der Waals surface area contributed by atoms with E-state index < -0.39 is 0 Å². The van der Waals surface area contributed by atoms with Crippen LogP contribution in [0.15, 0.2) is 4.52 Å². The van der Waals surface area contributed by atoms with Crippen molar-refractivity contribution in [2.24, 2.45) is 5.92 Å². The zero-order valence-corrected chi connectivity index (χ0v) is 13.2. The van der Waals surface area contributed by atoms with Gasteiger partial charge in [0.05, 0.1) is 12.0 Å². The van der Waals surface area contributed by atoms with Crippen LogP contribution in [0, 0.1) is 12.8 Å². The predicted molar refractivity (Wildman–Crippen MR) is 80.5 cm³/mol. The molecule has 2 fully saturated rings. The first-order valence-electron chi connectivity index (χ1n) is 8.15. The van der Waals surface area contributed by atoms with Crippen LogP contribution >= 0.6 is 0 Å². The Morgan fingerprint density at radius 2 is 2.05 bits per heavy atom. The highest BCUT2D eigenvalue weighted by Gasteiger charge is 2.53. The first kappa shape index (κ1) is 15.9. The van der Waals surface area contributed by atoms with Gasteiger partial charge in [0, 0.05) is 39.3 Å². The van der Waals surface area contributed by atoms with Gasteiger partial charge in [-0.15, -0.1) is 0 Å². The van der Waals surface area contributed by atoms with Gasteiger partial charge in [0.15, 0.2) is 5.82 Å². The second kappa shape index (κ2) is 6.62. The Hall–Kier alpha value is -1.02. The van der Waals surface area contributed by atoms with E-state index >= 15 is 0 Å². The minimum Gasteiger partial charge on any atom is -0.396 e. The molecule has 0 saturated carbocycles. The average molecular weight is 310 g/mol. The molecule has 0 radical (unpaired) electrons. The van der Waals surface area contributed by atoms with Gasteiger partial charge in [0.25, 0.3) is 0 Å². The van der Waals surface area contributed by atoms with Crippen molar-refractivity contribution in [1.82, 2.24) is 19.9 Å². The summed E-state index contributed by atoms with van der Waals surface area (Å²) in [5, 5.41) is 22.3. The fourth-order valence-corrected chi connectivity index (χ4v) is 4.05. The second-order valence-corrected chi connectivity index (χ2v) is 6.60. The lowest BCUT2D eigenvalue weighted by Crippen LogP contribution is -2.52. The van der Waals surface area contributed by atoms with Gasteiger partial charge in [-0.3, -0.25) is 4.90 Å². The molecule has 2 atom stereocenters. The smallest absolute Gasteiger partial charge is 0.235 e. The molecule has 124 valence electrons. The van der Waals surface area contributed by atoms with Crippen LogP contribution < -0.4 is 0 Å². The minimum atomic E-state index is -0.135. The molecule has 0 spiro atoms. The molecular weight excluding hydrogens is 284 g/mol. The molecule has 2 saturated heterocycles. The van der Waals surface area contributed by atoms with Crippen molar-refractivity contribution in [3.05, 3.63) is 11.7 Å². The van der Waals surface area contributed by atoms with E-state index in [1.165, 1.54) is 0 Å². The highest BCUT2D eigenvalue weighted by Crippen LogP contribution is 2.43. The number of aliphatic hydroxyl groups excluding tert-OH is 2. The van der Waals surface area contributed by atoms with Crippen molar-refractivity contribution in [3.63, 3.8) is 0 Å². The number of rotatable bonds is 6. The summed E-state index contributed by atoms with van der Waals surface area (Å²) in [7, 11) is 0. The van der Waals surface area contributed by atoms with Crippen molar-refractivity contribution in [2.75, 3.05) is 52.5 Å². The molecule has 2 aliphatic heterocycles. The maximum atomic E-state index is 9.26. The third-order valence-electron chi connectivity index (χ3n) is 5.07. The van der Waals surface area contributed by atoms with Crippen molar-refractivity contribution < 1.29 is 14.7 Å². The van der Waals surface area contributed by atoms with E-state index in [0.717, 1.165) is 51.5 Å². The SMILES string of the molecule is Cc1noc([C@]23CN(CCCO)CC[C@H]2CN(CCO)C3)n1. The van der Waals surface area contributed by atoms with E-state index in [-0.39, 0.29) is 18.6 Å². The second-order valence-electron chi connectivity index (χ2n) is 6.60. The van der Waals surface area contributed by atoms with Crippen LogP contribution in [0.3, 0.4) is 0 Å². The third kappa shape index (κ3) is 2.90. The quantitative estimate of drug-likeness (QED) is 0.741. The number of likely N-dealkylation sites (tertiary alicyclic amines) is 2. The van der Waals surface area contributed by atoms with Gasteiger partial charge in [-0.2, -0.15) is 4.98 Å². The molecule has 3 heterocycles. The molecule has 0 unspecified atom stereocenters. The van der Waals surface area contributed by atoms with Crippen molar-refractivity contribution >= 4 is 0 Å². The van der Waals surface area contributed by atoms with E-state index in [4.69, 9.17) is 9.63 Å². The summed E-state index contributed by atoms with van der Waals surface area (Å²) in [6.45, 7) is 7.63. The number of nitrogens with zero attached hydrogens (tertiary/aromatic N) is 4. The number of aliphatic hydroxyl groups is 2. The number of aromatic nitrogens is 2. The number of hydrogen-bond acceptors (Lipinski definition) is 7. The molecule has 7 nitrogen and oxygen atoms in total. The largest absolute Gasteiger partial charge is 0.396 e. The number of β-amino-alcohol motifs (C(OH)–C–C–N with tert-alkyl or cyclic N) is 1. The van der Waals surface area contributed by atoms with Gasteiger partial charge < -0.3 is 19.6 Å². The summed E-state index contributed by atoms with van der Waals surface area (Å²) in [4.78, 5) is 9.24. The monoisotopic (exact) mass is 310 g/mol. The zero-order valence-electron chi connectivity index (χ0n) is 13.2. The third-order valence-corrected chi connectivity index (χ3v) is 5.07. The standard InChI is InChI=1S/C15H26N4O3/c1-12-16-14(22-17-12)15-10-18(4-2-7-20)5-3-13(15)9-19(11-15)6-8-21/h13,20-21H,2-11H2,1H3/t13-,15-/m0/s1. The molecule has 7 heteroatoms. The van der Waals surface area contributed by atoms with Crippen molar-refractivity contribution in [1.29, 1.82) is 0 Å². The number of fused-ring (bicyclic) bond motifs is 1. The fourth-order valence-electron chi connectivity index (χ4n) is 4.05. The summed E-state index contributed by atoms with van der Waals surface area (Å²) in [6.07, 6.45) is 1.89. The Morgan fingerprint density at radius 1 is 1.23 bits per heavy atom. The van der Waals surface area contributed by atoms with E-state index in [0.29, 0.717) is 18.3 Å². The number of aryl methyl sites for hydroxylation is 1. The lowest BCUT2D eigenvalue weighted by atomic mass is 9.73. The van der Waals surface area contributed by atoms with Gasteiger partial charge in [-0.05, 0) is 32.2 Å². The first-order valence-corrected chi connectivity index (χ1v) is 8.15. The maximum absolute atomic E-state index is 9.26. The Balaban J connectivity index is 1.84. The van der Waals surface area contributed by atoms with Crippen LogP contribution in [0.2, 0.25) is 0 Å². The Bertz CT molecular complexity index is 495. The lowest BCUT2D eigenvalue weighted by Gasteiger charge is -2.41. The first-order chi connectivity index (χ1) is 10.7. The Kier molecular flexibility index (Phi) is 4.77. The normalized spacial score (nSPS) is 29.9. The fraction of sp³-hybridized carbons (Fsp3) is 0.867. The summed E-state index contributed by atoms with van der Waals surface area (Å²) in [6, 6.07) is 0. The van der Waals surface area contributed by atoms with E-state index in [9.17, 15) is 5.11 Å². The van der Waals surface area contributed by atoms with Gasteiger partial charge in [-0.25, -0.2) is 0 Å². The van der Waals surface area contributed by atoms with Crippen molar-refractivity contribution in [3.8, 4) is 0 Å². The predicted octanol–water partition coefficient (Wildman–Crippen LogP) is -0.372. The molecule has 2 aliphatic rings. The van der Waals surface area contributed by atoms with Gasteiger partial charge in [0.1, 0.15) is 0 Å². The molecule has 22 heavy (non-hydrogen) atoms. The average Bonchev–Trinajstić information content (AvgIpc) is 3.09. The highest BCUT2D eigenvalue weighted by molar-refractivity contribution is 5.17. The van der Waals surface area contributed by atoms with Crippen LogP contribution in [0.4, 0.5) is 0 Å². The highest BCUT2D eigenvalue weighted by atomic mass is 16.5. The molecular formula is C15H26N4O3. The molecule has 0 aromatic carbocycles. The molecule has 0 aliphatic carbocycles. The minimum absolute atomic E-state index is 0.135. The zero-order chi connectivity index (χ0) is 15.6. The Morgan fingerprint density at radius 3 is 2.73 bits per heavy atom. The van der Waals surface area contributed by atoms with Gasteiger partial charge in [0.2, 0.25) is 5.89 Å². The summed E-state index contributed by atoms with van der Waals surface area (Å²) in [5.74, 6) is 1.91. The molecule has 1 aromatic heterocycles. The van der Waals surface area contributed by atoms with E-state index in [1.54, 1.807) is 0 Å². The van der Waals surface area contributed by atoms with Crippen LogP contribution in [-0.2, 0) is 5.41 Å². The van der Waals surface area contributed by atoms with Gasteiger partial charge in [-0.1, -0.05) is 5.16 Å². The summed E-state index contributed by atoms with van der Waals surface area (Å²) < 4.78 is 5.56. The molecule has 1 aromatic rings. The van der Waals surface area contributed by atoms with E-state index in [2.05, 4.69) is 19.9 Å². The van der Waals surface area contributed by atoms with Gasteiger partial charge >= 0.3 is 0 Å². The molecule has 0 amide bonds. The topological polar surface area (TPSA) is 85.9 Å². The van der Waals surface area contributed by atoms with Crippen LogP contribution in [0.1, 0.15) is 24.6 Å². The molecule has 0 bridgehead atoms. The molecule has 3 rings (SSSR count). The summed E-state index contributed by atoms with van der Waals surface area (Å²) >= 11 is 0. The number of hydrogen-bond donors (Lipinski definition) is 2.